The van der Waals surface area contributed by atoms with Crippen molar-refractivity contribution in [3.8, 4) is 0 Å². The number of thioether (sulfide) groups is 1. The molecule has 0 unspecified atom stereocenters. The van der Waals surface area contributed by atoms with Gasteiger partial charge in [0.25, 0.3) is 0 Å². The predicted octanol–water partition coefficient (Wildman–Crippen LogP) is 3.04. The standard InChI is InChI=1S/C11H23NS/c1-3-5-10-7-11(8-10,9-12)13-6-4-2/h10H,3-9,12H2,1-2H3. The first-order valence-electron chi connectivity index (χ1n) is 5.60. The molecule has 1 aliphatic rings. The van der Waals surface area contributed by atoms with Crippen molar-refractivity contribution in [2.24, 2.45) is 11.7 Å². The molecule has 0 spiro atoms. The van der Waals surface area contributed by atoms with Crippen LogP contribution >= 0.6 is 11.8 Å². The molecule has 1 nitrogen and oxygen atoms in total. The molecule has 0 heterocycles. The fourth-order valence-electron chi connectivity index (χ4n) is 2.27. The van der Waals surface area contributed by atoms with Crippen molar-refractivity contribution in [2.45, 2.75) is 50.7 Å². The zero-order chi connectivity index (χ0) is 9.73. The van der Waals surface area contributed by atoms with Gasteiger partial charge in [-0.1, -0.05) is 26.7 Å². The van der Waals surface area contributed by atoms with Gasteiger partial charge >= 0.3 is 0 Å². The molecule has 2 N–H and O–H groups in total. The van der Waals surface area contributed by atoms with E-state index in [0.29, 0.717) is 4.75 Å². The second kappa shape index (κ2) is 5.26. The summed E-state index contributed by atoms with van der Waals surface area (Å²) >= 11 is 2.12. The van der Waals surface area contributed by atoms with Crippen molar-refractivity contribution in [1.29, 1.82) is 0 Å². The van der Waals surface area contributed by atoms with Gasteiger partial charge in [-0.05, 0) is 30.9 Å². The third-order valence-electron chi connectivity index (χ3n) is 3.00. The number of hydrogen-bond donors (Lipinski definition) is 1. The number of rotatable bonds is 6. The molecule has 1 saturated carbocycles. The molecule has 0 aromatic heterocycles. The maximum Gasteiger partial charge on any atom is 0.0287 e. The van der Waals surface area contributed by atoms with Gasteiger partial charge in [-0.25, -0.2) is 0 Å². The van der Waals surface area contributed by atoms with Gasteiger partial charge < -0.3 is 5.73 Å². The molecule has 0 aromatic carbocycles. The highest BCUT2D eigenvalue weighted by Crippen LogP contribution is 2.49. The first-order valence-corrected chi connectivity index (χ1v) is 6.59. The Hall–Kier alpha value is 0.310. The van der Waals surface area contributed by atoms with Crippen molar-refractivity contribution >= 4 is 11.8 Å². The highest BCUT2D eigenvalue weighted by atomic mass is 32.2. The summed E-state index contributed by atoms with van der Waals surface area (Å²) < 4.78 is 0.482. The lowest BCUT2D eigenvalue weighted by molar-refractivity contribution is 0.220. The highest BCUT2D eigenvalue weighted by Gasteiger charge is 2.42. The van der Waals surface area contributed by atoms with Crippen molar-refractivity contribution in [3.05, 3.63) is 0 Å². The Morgan fingerprint density at radius 1 is 1.31 bits per heavy atom. The average molecular weight is 201 g/mol. The quantitative estimate of drug-likeness (QED) is 0.715. The van der Waals surface area contributed by atoms with Crippen LogP contribution in [0.3, 0.4) is 0 Å². The Morgan fingerprint density at radius 2 is 2.00 bits per heavy atom. The Bertz CT molecular complexity index is 141. The monoisotopic (exact) mass is 201 g/mol. The van der Waals surface area contributed by atoms with E-state index in [4.69, 9.17) is 5.73 Å². The van der Waals surface area contributed by atoms with E-state index >= 15 is 0 Å². The molecule has 2 heteroatoms. The van der Waals surface area contributed by atoms with Gasteiger partial charge in [-0.2, -0.15) is 11.8 Å². The lowest BCUT2D eigenvalue weighted by Crippen LogP contribution is -2.47. The van der Waals surface area contributed by atoms with Crippen LogP contribution in [0.5, 0.6) is 0 Å². The Morgan fingerprint density at radius 3 is 2.46 bits per heavy atom. The molecule has 0 aromatic rings. The topological polar surface area (TPSA) is 26.0 Å². The van der Waals surface area contributed by atoms with Crippen LogP contribution < -0.4 is 5.73 Å². The second-order valence-electron chi connectivity index (χ2n) is 4.30. The summed E-state index contributed by atoms with van der Waals surface area (Å²) in [5.74, 6) is 2.27. The van der Waals surface area contributed by atoms with Crippen LogP contribution in [0.15, 0.2) is 0 Å². The summed E-state index contributed by atoms with van der Waals surface area (Å²) in [6.45, 7) is 5.42. The van der Waals surface area contributed by atoms with Crippen LogP contribution in [0.2, 0.25) is 0 Å². The maximum absolute atomic E-state index is 5.85. The minimum Gasteiger partial charge on any atom is -0.329 e. The summed E-state index contributed by atoms with van der Waals surface area (Å²) in [7, 11) is 0. The fourth-order valence-corrected chi connectivity index (χ4v) is 3.73. The van der Waals surface area contributed by atoms with E-state index in [1.807, 2.05) is 0 Å². The predicted molar refractivity (Wildman–Crippen MR) is 62.2 cm³/mol. The molecule has 78 valence electrons. The summed E-state index contributed by atoms with van der Waals surface area (Å²) in [6.07, 6.45) is 6.78. The van der Waals surface area contributed by atoms with Gasteiger partial charge in [0.15, 0.2) is 0 Å². The third-order valence-corrected chi connectivity index (χ3v) is 4.73. The van der Waals surface area contributed by atoms with Crippen molar-refractivity contribution in [3.63, 3.8) is 0 Å². The van der Waals surface area contributed by atoms with E-state index in [2.05, 4.69) is 25.6 Å². The van der Waals surface area contributed by atoms with Crippen molar-refractivity contribution in [1.82, 2.24) is 0 Å². The smallest absolute Gasteiger partial charge is 0.0287 e. The molecule has 1 aliphatic carbocycles. The van der Waals surface area contributed by atoms with E-state index in [-0.39, 0.29) is 0 Å². The zero-order valence-corrected chi connectivity index (χ0v) is 9.83. The van der Waals surface area contributed by atoms with Crippen LogP contribution in [-0.2, 0) is 0 Å². The fraction of sp³-hybridized carbons (Fsp3) is 1.00. The largest absolute Gasteiger partial charge is 0.329 e. The van der Waals surface area contributed by atoms with Crippen LogP contribution in [0.25, 0.3) is 0 Å². The molecule has 0 atom stereocenters. The maximum atomic E-state index is 5.85. The minimum absolute atomic E-state index is 0.482. The van der Waals surface area contributed by atoms with Crippen LogP contribution in [0.1, 0.15) is 46.0 Å². The minimum atomic E-state index is 0.482. The molecule has 0 radical (unpaired) electrons. The molecule has 0 saturated heterocycles. The summed E-state index contributed by atoms with van der Waals surface area (Å²) in [4.78, 5) is 0. The summed E-state index contributed by atoms with van der Waals surface area (Å²) in [6, 6.07) is 0. The van der Waals surface area contributed by atoms with Gasteiger partial charge in [0, 0.05) is 11.3 Å². The first-order chi connectivity index (χ1) is 6.26. The van der Waals surface area contributed by atoms with E-state index in [0.717, 1.165) is 12.5 Å². The summed E-state index contributed by atoms with van der Waals surface area (Å²) in [5, 5.41) is 0. The van der Waals surface area contributed by atoms with E-state index in [1.165, 1.54) is 37.9 Å². The summed E-state index contributed by atoms with van der Waals surface area (Å²) in [5.41, 5.74) is 5.85. The number of nitrogens with two attached hydrogens (primary N) is 1. The average Bonchev–Trinajstić information content (AvgIpc) is 2.09. The molecule has 0 amide bonds. The van der Waals surface area contributed by atoms with E-state index in [9.17, 15) is 0 Å². The third kappa shape index (κ3) is 2.88. The lowest BCUT2D eigenvalue weighted by atomic mass is 9.72. The SMILES string of the molecule is CCCSC1(CN)CC(CCC)C1. The molecule has 1 fully saturated rings. The van der Waals surface area contributed by atoms with Gasteiger partial charge in [-0.15, -0.1) is 0 Å². The second-order valence-corrected chi connectivity index (χ2v) is 5.86. The molecule has 13 heavy (non-hydrogen) atoms. The Labute approximate surface area is 86.8 Å². The Kier molecular flexibility index (Phi) is 4.60. The van der Waals surface area contributed by atoms with Crippen LogP contribution in [0, 0.1) is 5.92 Å². The molecular formula is C11H23NS. The molecule has 0 aliphatic heterocycles. The zero-order valence-electron chi connectivity index (χ0n) is 9.01. The normalized spacial score (nSPS) is 33.0. The molecule has 0 bridgehead atoms. The van der Waals surface area contributed by atoms with Gasteiger partial charge in [0.1, 0.15) is 0 Å². The van der Waals surface area contributed by atoms with Gasteiger partial charge in [0.2, 0.25) is 0 Å². The van der Waals surface area contributed by atoms with Crippen LogP contribution in [-0.4, -0.2) is 17.0 Å². The first kappa shape index (κ1) is 11.4. The Balaban J connectivity index is 2.23. The number of hydrogen-bond acceptors (Lipinski definition) is 2. The van der Waals surface area contributed by atoms with Crippen molar-refractivity contribution in [2.75, 3.05) is 12.3 Å². The van der Waals surface area contributed by atoms with Crippen molar-refractivity contribution < 1.29 is 0 Å². The van der Waals surface area contributed by atoms with Crippen LogP contribution in [0.4, 0.5) is 0 Å². The lowest BCUT2D eigenvalue weighted by Gasteiger charge is -2.47. The molecule has 1 rings (SSSR count). The van der Waals surface area contributed by atoms with Gasteiger partial charge in [0.05, 0.1) is 0 Å². The van der Waals surface area contributed by atoms with E-state index in [1.54, 1.807) is 0 Å². The van der Waals surface area contributed by atoms with Gasteiger partial charge in [-0.3, -0.25) is 0 Å². The molecular weight excluding hydrogens is 178 g/mol. The highest BCUT2D eigenvalue weighted by molar-refractivity contribution is 8.00. The van der Waals surface area contributed by atoms with E-state index < -0.39 is 0 Å².